The van der Waals surface area contributed by atoms with Crippen LogP contribution in [0.5, 0.6) is 0 Å². The molecule has 1 saturated heterocycles. The Bertz CT molecular complexity index is 601. The monoisotopic (exact) mass is 318 g/mol. The summed E-state index contributed by atoms with van der Waals surface area (Å²) in [4.78, 5) is 0. The zero-order chi connectivity index (χ0) is 16.6. The highest BCUT2D eigenvalue weighted by molar-refractivity contribution is 6.62. The number of benzene rings is 1. The van der Waals surface area contributed by atoms with Gasteiger partial charge in [0.2, 0.25) is 0 Å². The van der Waals surface area contributed by atoms with Crippen LogP contribution < -0.4 is 5.46 Å². The van der Waals surface area contributed by atoms with Crippen molar-refractivity contribution in [3.05, 3.63) is 29.3 Å². The number of hydrogen-bond acceptors (Lipinski definition) is 3. The van der Waals surface area contributed by atoms with Crippen LogP contribution in [0.15, 0.2) is 18.2 Å². The highest BCUT2D eigenvalue weighted by Crippen LogP contribution is 2.46. The minimum atomic E-state index is -0.324. The molecule has 0 N–H and O–H groups in total. The summed E-state index contributed by atoms with van der Waals surface area (Å²) < 4.78 is 18.6. The smallest absolute Gasteiger partial charge is 0.399 e. The molecule has 2 aliphatic rings. The molecule has 0 radical (unpaired) electrons. The summed E-state index contributed by atoms with van der Waals surface area (Å²) >= 11 is 0. The molecule has 0 amide bonds. The van der Waals surface area contributed by atoms with Crippen LogP contribution in [0.25, 0.3) is 0 Å². The van der Waals surface area contributed by atoms with Crippen molar-refractivity contribution in [2.24, 2.45) is 0 Å². The van der Waals surface area contributed by atoms with E-state index in [0.29, 0.717) is 0 Å². The fourth-order valence-corrected chi connectivity index (χ4v) is 3.46. The van der Waals surface area contributed by atoms with Crippen LogP contribution in [0.3, 0.4) is 0 Å². The average molecular weight is 318 g/mol. The first-order valence-corrected chi connectivity index (χ1v) is 8.06. The van der Waals surface area contributed by atoms with Crippen LogP contribution in [0.4, 0.5) is 0 Å². The number of hydrogen-bond donors (Lipinski definition) is 0. The van der Waals surface area contributed by atoms with Gasteiger partial charge in [-0.3, -0.25) is 0 Å². The van der Waals surface area contributed by atoms with E-state index in [4.69, 9.17) is 14.0 Å². The molecule has 1 aromatic carbocycles. The first-order chi connectivity index (χ1) is 9.86. The summed E-state index contributed by atoms with van der Waals surface area (Å²) in [6, 6.07) is 6.45. The topological polar surface area (TPSA) is 27.7 Å². The highest BCUT2D eigenvalue weighted by atomic mass is 16.7. The molecule has 2 heterocycles. The van der Waals surface area contributed by atoms with Crippen molar-refractivity contribution < 1.29 is 14.0 Å². The molecular weight excluding hydrogens is 287 g/mol. The SMILES string of the molecule is C.CC1(C)OC(C)(C)c2cc(B3OC(C)(C)C(C)(C)O3)ccc21. The van der Waals surface area contributed by atoms with E-state index in [-0.39, 0.29) is 36.9 Å². The minimum Gasteiger partial charge on any atom is -0.399 e. The maximum Gasteiger partial charge on any atom is 0.494 e. The summed E-state index contributed by atoms with van der Waals surface area (Å²) in [5, 5.41) is 0. The molecule has 23 heavy (non-hydrogen) atoms. The van der Waals surface area contributed by atoms with Crippen molar-refractivity contribution in [2.75, 3.05) is 0 Å². The van der Waals surface area contributed by atoms with Crippen molar-refractivity contribution >= 4 is 12.6 Å². The van der Waals surface area contributed by atoms with E-state index < -0.39 is 0 Å². The van der Waals surface area contributed by atoms with Crippen molar-refractivity contribution in [1.29, 1.82) is 0 Å². The van der Waals surface area contributed by atoms with E-state index in [1.807, 2.05) is 0 Å². The molecular formula is C19H31BO3. The first kappa shape index (κ1) is 18.5. The number of fused-ring (bicyclic) bond motifs is 1. The quantitative estimate of drug-likeness (QED) is 0.729. The zero-order valence-electron chi connectivity index (χ0n) is 15.0. The van der Waals surface area contributed by atoms with Crippen LogP contribution in [-0.4, -0.2) is 18.3 Å². The molecule has 3 rings (SSSR count). The molecule has 0 atom stereocenters. The van der Waals surface area contributed by atoms with Gasteiger partial charge in [-0.1, -0.05) is 25.6 Å². The summed E-state index contributed by atoms with van der Waals surface area (Å²) in [5.41, 5.74) is 2.35. The summed E-state index contributed by atoms with van der Waals surface area (Å²) in [5.74, 6) is 0. The fraction of sp³-hybridized carbons (Fsp3) is 0.684. The molecule has 0 aliphatic carbocycles. The molecule has 0 spiro atoms. The Balaban J connectivity index is 0.00000192. The third kappa shape index (κ3) is 2.75. The molecule has 4 heteroatoms. The van der Waals surface area contributed by atoms with Gasteiger partial charge < -0.3 is 14.0 Å². The lowest BCUT2D eigenvalue weighted by Gasteiger charge is -2.32. The van der Waals surface area contributed by atoms with Crippen LogP contribution in [0.1, 0.15) is 73.9 Å². The Labute approximate surface area is 141 Å². The molecule has 128 valence electrons. The van der Waals surface area contributed by atoms with Crippen molar-refractivity contribution in [1.82, 2.24) is 0 Å². The van der Waals surface area contributed by atoms with Gasteiger partial charge in [-0.05, 0) is 72.0 Å². The summed E-state index contributed by atoms with van der Waals surface area (Å²) in [6.07, 6.45) is 0. The molecule has 2 aliphatic heterocycles. The van der Waals surface area contributed by atoms with E-state index in [2.05, 4.69) is 73.6 Å². The van der Waals surface area contributed by atoms with Crippen LogP contribution in [-0.2, 0) is 25.2 Å². The molecule has 0 aromatic heterocycles. The fourth-order valence-electron chi connectivity index (χ4n) is 3.46. The molecule has 3 nitrogen and oxygen atoms in total. The van der Waals surface area contributed by atoms with Gasteiger partial charge in [0.15, 0.2) is 0 Å². The van der Waals surface area contributed by atoms with Gasteiger partial charge >= 0.3 is 7.12 Å². The molecule has 1 fully saturated rings. The Hall–Kier alpha value is -0.835. The van der Waals surface area contributed by atoms with E-state index in [1.165, 1.54) is 11.1 Å². The van der Waals surface area contributed by atoms with Crippen LogP contribution in [0, 0.1) is 0 Å². The second-order valence-electron chi connectivity index (χ2n) is 8.52. The largest absolute Gasteiger partial charge is 0.494 e. The van der Waals surface area contributed by atoms with Gasteiger partial charge in [0.1, 0.15) is 0 Å². The average Bonchev–Trinajstić information content (AvgIpc) is 2.67. The Morgan fingerprint density at radius 2 is 1.22 bits per heavy atom. The lowest BCUT2D eigenvalue weighted by molar-refractivity contribution is -0.105. The van der Waals surface area contributed by atoms with E-state index >= 15 is 0 Å². The zero-order valence-corrected chi connectivity index (χ0v) is 15.0. The Kier molecular flexibility index (Phi) is 4.09. The van der Waals surface area contributed by atoms with Crippen LogP contribution >= 0.6 is 0 Å². The van der Waals surface area contributed by atoms with Crippen LogP contribution in [0.2, 0.25) is 0 Å². The maximum absolute atomic E-state index is 6.22. The van der Waals surface area contributed by atoms with Gasteiger partial charge in [-0.25, -0.2) is 0 Å². The molecule has 0 bridgehead atoms. The predicted octanol–water partition coefficient (Wildman–Crippen LogP) is 4.12. The van der Waals surface area contributed by atoms with Gasteiger partial charge in [-0.15, -0.1) is 0 Å². The van der Waals surface area contributed by atoms with Crippen molar-refractivity contribution in [3.63, 3.8) is 0 Å². The Morgan fingerprint density at radius 3 is 1.74 bits per heavy atom. The van der Waals surface area contributed by atoms with E-state index in [1.54, 1.807) is 0 Å². The predicted molar refractivity (Wildman–Crippen MR) is 96.0 cm³/mol. The molecule has 1 aromatic rings. The van der Waals surface area contributed by atoms with Gasteiger partial charge in [0, 0.05) is 0 Å². The van der Waals surface area contributed by atoms with E-state index in [9.17, 15) is 0 Å². The minimum absolute atomic E-state index is 0. The Morgan fingerprint density at radius 1 is 0.739 bits per heavy atom. The number of ether oxygens (including phenoxy) is 1. The second kappa shape index (κ2) is 5.08. The molecule has 0 saturated carbocycles. The third-order valence-electron chi connectivity index (χ3n) is 5.38. The summed E-state index contributed by atoms with van der Waals surface area (Å²) in [7, 11) is -0.324. The third-order valence-corrected chi connectivity index (χ3v) is 5.38. The first-order valence-electron chi connectivity index (χ1n) is 8.06. The van der Waals surface area contributed by atoms with Gasteiger partial charge in [0.25, 0.3) is 0 Å². The standard InChI is InChI=1S/C18H27BO3.CH4/c1-15(2)13-10-9-12(11-14(13)16(3,4)20-15)19-21-17(5,6)18(7,8)22-19;/h9-11H,1-8H3;1H4. The van der Waals surface area contributed by atoms with Gasteiger partial charge in [0.05, 0.1) is 22.4 Å². The van der Waals surface area contributed by atoms with Gasteiger partial charge in [-0.2, -0.15) is 0 Å². The van der Waals surface area contributed by atoms with Crippen molar-refractivity contribution in [2.45, 2.75) is 85.2 Å². The highest BCUT2D eigenvalue weighted by Gasteiger charge is 2.52. The lowest BCUT2D eigenvalue weighted by Crippen LogP contribution is -2.41. The van der Waals surface area contributed by atoms with Crippen molar-refractivity contribution in [3.8, 4) is 0 Å². The normalized spacial score (nSPS) is 25.8. The summed E-state index contributed by atoms with van der Waals surface area (Å²) in [6.45, 7) is 16.8. The second-order valence-corrected chi connectivity index (χ2v) is 8.52. The van der Waals surface area contributed by atoms with E-state index in [0.717, 1.165) is 5.46 Å². The number of rotatable bonds is 1. The maximum atomic E-state index is 6.22. The lowest BCUT2D eigenvalue weighted by atomic mass is 9.75. The molecule has 0 unspecified atom stereocenters.